The largest absolute Gasteiger partial charge is 0.350 e. The molecule has 1 N–H and O–H groups in total. The summed E-state index contributed by atoms with van der Waals surface area (Å²) in [6.45, 7) is 2.98. The van der Waals surface area contributed by atoms with Crippen LogP contribution in [0, 0.1) is 29.6 Å². The van der Waals surface area contributed by atoms with E-state index in [0.717, 1.165) is 34.0 Å². The monoisotopic (exact) mass is 456 g/mol. The Balaban J connectivity index is 1.20. The lowest BCUT2D eigenvalue weighted by Crippen LogP contribution is -2.59. The van der Waals surface area contributed by atoms with Gasteiger partial charge in [-0.05, 0) is 60.8 Å². The minimum absolute atomic E-state index is 0.00421. The van der Waals surface area contributed by atoms with Crippen molar-refractivity contribution < 1.29 is 4.79 Å². The van der Waals surface area contributed by atoms with E-state index in [1.807, 2.05) is 18.2 Å². The fourth-order valence-electron chi connectivity index (χ4n) is 7.49. The molecule has 170 valence electrons. The lowest BCUT2D eigenvalue weighted by atomic mass is 9.41. The third-order valence-electron chi connectivity index (χ3n) is 9.10. The van der Waals surface area contributed by atoms with Crippen LogP contribution in [0.15, 0.2) is 66.0 Å². The van der Waals surface area contributed by atoms with Crippen LogP contribution < -0.4 is 5.32 Å². The van der Waals surface area contributed by atoms with E-state index in [-0.39, 0.29) is 11.3 Å². The van der Waals surface area contributed by atoms with Gasteiger partial charge >= 0.3 is 0 Å². The summed E-state index contributed by atoms with van der Waals surface area (Å²) in [5.41, 5.74) is 3.46. The van der Waals surface area contributed by atoms with Gasteiger partial charge in [0.1, 0.15) is 5.01 Å². The number of nitrogens with zero attached hydrogens (tertiary/aromatic N) is 1. The zero-order valence-electron chi connectivity index (χ0n) is 19.2. The van der Waals surface area contributed by atoms with Gasteiger partial charge in [-0.3, -0.25) is 4.79 Å². The maximum Gasteiger partial charge on any atom is 0.221 e. The van der Waals surface area contributed by atoms with E-state index in [1.165, 1.54) is 31.2 Å². The van der Waals surface area contributed by atoms with Crippen molar-refractivity contribution in [1.82, 2.24) is 10.3 Å². The molecule has 0 spiro atoms. The average molecular weight is 457 g/mol. The van der Waals surface area contributed by atoms with Gasteiger partial charge in [0.05, 0.1) is 12.2 Å². The van der Waals surface area contributed by atoms with Crippen LogP contribution in [0.3, 0.4) is 0 Å². The Morgan fingerprint density at radius 1 is 0.970 bits per heavy atom. The number of hydrogen-bond donors (Lipinski definition) is 1. The van der Waals surface area contributed by atoms with E-state index in [9.17, 15) is 4.79 Å². The fourth-order valence-corrected chi connectivity index (χ4v) is 8.32. The molecule has 3 nitrogen and oxygen atoms in total. The summed E-state index contributed by atoms with van der Waals surface area (Å²) in [4.78, 5) is 18.2. The van der Waals surface area contributed by atoms with Gasteiger partial charge in [-0.15, -0.1) is 11.3 Å². The SMILES string of the molecule is CC1C2CC3CC1CC(C2)C3(CC(=O)NCc1csc(-c2ccccc2)n1)c1ccccc1. The molecule has 7 rings (SSSR count). The number of carbonyl (C=O) groups excluding carboxylic acids is 1. The summed E-state index contributed by atoms with van der Waals surface area (Å²) in [6, 6.07) is 21.2. The van der Waals surface area contributed by atoms with E-state index in [4.69, 9.17) is 4.98 Å². The molecule has 4 saturated carbocycles. The average Bonchev–Trinajstić information content (AvgIpc) is 3.32. The Labute approximate surface area is 200 Å². The van der Waals surface area contributed by atoms with Gasteiger partial charge in [0, 0.05) is 22.8 Å². The molecule has 1 amide bonds. The molecule has 1 aromatic heterocycles. The van der Waals surface area contributed by atoms with Crippen molar-refractivity contribution in [1.29, 1.82) is 0 Å². The molecule has 4 bridgehead atoms. The summed E-state index contributed by atoms with van der Waals surface area (Å²) in [5, 5.41) is 6.31. The Morgan fingerprint density at radius 2 is 1.58 bits per heavy atom. The van der Waals surface area contributed by atoms with E-state index in [1.54, 1.807) is 11.3 Å². The van der Waals surface area contributed by atoms with Crippen LogP contribution in [0.25, 0.3) is 10.6 Å². The van der Waals surface area contributed by atoms with Crippen LogP contribution in [0.1, 0.15) is 50.3 Å². The zero-order chi connectivity index (χ0) is 22.4. The number of benzene rings is 2. The summed E-state index contributed by atoms with van der Waals surface area (Å²) in [6.07, 6.45) is 5.79. The first kappa shape index (κ1) is 21.1. The number of nitrogens with one attached hydrogen (secondary N) is 1. The molecule has 0 unspecified atom stereocenters. The molecule has 0 atom stereocenters. The van der Waals surface area contributed by atoms with Crippen molar-refractivity contribution in [2.75, 3.05) is 0 Å². The lowest BCUT2D eigenvalue weighted by Gasteiger charge is -2.63. The molecule has 4 heteroatoms. The first-order valence-corrected chi connectivity index (χ1v) is 13.3. The highest BCUT2D eigenvalue weighted by molar-refractivity contribution is 7.13. The van der Waals surface area contributed by atoms with Gasteiger partial charge in [0.15, 0.2) is 0 Å². The highest BCUT2D eigenvalue weighted by atomic mass is 32.1. The molecule has 0 saturated heterocycles. The van der Waals surface area contributed by atoms with Gasteiger partial charge in [-0.2, -0.15) is 0 Å². The van der Waals surface area contributed by atoms with Crippen LogP contribution in [0.2, 0.25) is 0 Å². The molecule has 1 heterocycles. The summed E-state index contributed by atoms with van der Waals surface area (Å²) >= 11 is 1.64. The predicted octanol–water partition coefficient (Wildman–Crippen LogP) is 6.46. The molecule has 0 radical (unpaired) electrons. The Morgan fingerprint density at radius 3 is 2.21 bits per heavy atom. The zero-order valence-corrected chi connectivity index (χ0v) is 20.1. The highest BCUT2D eigenvalue weighted by Crippen LogP contribution is 2.65. The van der Waals surface area contributed by atoms with Crippen molar-refractivity contribution >= 4 is 17.2 Å². The van der Waals surface area contributed by atoms with Crippen LogP contribution in [-0.4, -0.2) is 10.9 Å². The molecular weight excluding hydrogens is 424 g/mol. The number of aromatic nitrogens is 1. The summed E-state index contributed by atoms with van der Waals surface area (Å²) in [5.74, 6) is 4.02. The van der Waals surface area contributed by atoms with Crippen LogP contribution in [0.4, 0.5) is 0 Å². The first-order chi connectivity index (χ1) is 16.1. The Kier molecular flexibility index (Phi) is 5.37. The molecular formula is C29H32N2OS. The van der Waals surface area contributed by atoms with Gasteiger partial charge in [-0.25, -0.2) is 4.98 Å². The third kappa shape index (κ3) is 3.63. The molecule has 4 fully saturated rings. The normalized spacial score (nSPS) is 32.1. The second-order valence-electron chi connectivity index (χ2n) is 10.6. The quantitative estimate of drug-likeness (QED) is 0.463. The number of carbonyl (C=O) groups is 1. The van der Waals surface area contributed by atoms with Crippen LogP contribution in [0.5, 0.6) is 0 Å². The standard InChI is InChI=1S/C29H32N2OS/c1-19-21-12-24-14-22(19)15-25(13-21)29(24,23-10-6-3-7-11-23)16-27(32)30-17-26-18-33-28(31-26)20-8-4-2-5-9-20/h2-11,18-19,21-22,24-25H,12-17H2,1H3,(H,30,32). The summed E-state index contributed by atoms with van der Waals surface area (Å²) in [7, 11) is 0. The van der Waals surface area contributed by atoms with Crippen molar-refractivity contribution in [3.63, 3.8) is 0 Å². The number of thiazole rings is 1. The van der Waals surface area contributed by atoms with Gasteiger partial charge in [0.2, 0.25) is 5.91 Å². The van der Waals surface area contributed by atoms with Crippen molar-refractivity contribution in [3.05, 3.63) is 77.3 Å². The van der Waals surface area contributed by atoms with E-state index < -0.39 is 0 Å². The number of rotatable bonds is 6. The smallest absolute Gasteiger partial charge is 0.221 e. The number of amides is 1. The summed E-state index contributed by atoms with van der Waals surface area (Å²) < 4.78 is 0. The van der Waals surface area contributed by atoms with E-state index in [2.05, 4.69) is 60.1 Å². The van der Waals surface area contributed by atoms with Crippen molar-refractivity contribution in [2.24, 2.45) is 29.6 Å². The second-order valence-corrected chi connectivity index (χ2v) is 11.4. The van der Waals surface area contributed by atoms with E-state index in [0.29, 0.717) is 24.8 Å². The van der Waals surface area contributed by atoms with Crippen molar-refractivity contribution in [3.8, 4) is 10.6 Å². The molecule has 4 aliphatic carbocycles. The Bertz CT molecular complexity index is 1090. The molecule has 3 aromatic rings. The fraction of sp³-hybridized carbons (Fsp3) is 0.448. The molecule has 2 aromatic carbocycles. The minimum Gasteiger partial charge on any atom is -0.350 e. The van der Waals surface area contributed by atoms with Crippen LogP contribution >= 0.6 is 11.3 Å². The molecule has 4 aliphatic rings. The van der Waals surface area contributed by atoms with Gasteiger partial charge in [0.25, 0.3) is 0 Å². The maximum absolute atomic E-state index is 13.4. The molecule has 33 heavy (non-hydrogen) atoms. The lowest BCUT2D eigenvalue weighted by molar-refractivity contribution is -0.133. The Hall–Kier alpha value is -2.46. The first-order valence-electron chi connectivity index (χ1n) is 12.5. The third-order valence-corrected chi connectivity index (χ3v) is 10.0. The van der Waals surface area contributed by atoms with Gasteiger partial charge < -0.3 is 5.32 Å². The van der Waals surface area contributed by atoms with E-state index >= 15 is 0 Å². The predicted molar refractivity (Wildman–Crippen MR) is 134 cm³/mol. The number of hydrogen-bond acceptors (Lipinski definition) is 3. The van der Waals surface area contributed by atoms with Crippen molar-refractivity contribution in [2.45, 2.75) is 51.0 Å². The minimum atomic E-state index is -0.00421. The topological polar surface area (TPSA) is 42.0 Å². The maximum atomic E-state index is 13.4. The molecule has 0 aliphatic heterocycles. The van der Waals surface area contributed by atoms with Gasteiger partial charge in [-0.1, -0.05) is 67.6 Å². The highest BCUT2D eigenvalue weighted by Gasteiger charge is 2.60. The second kappa shape index (κ2) is 8.39. The van der Waals surface area contributed by atoms with Crippen LogP contribution in [-0.2, 0) is 16.8 Å².